The summed E-state index contributed by atoms with van der Waals surface area (Å²) in [6.07, 6.45) is -0.366. The SMILES string of the molecule is CCN1CCC[C@@H](Nc2nnc(-c3ccc(C(F)(F)F)cc3OC)c3c2ccn3C)C1. The molecule has 0 unspecified atom stereocenters. The van der Waals surface area contributed by atoms with Gasteiger partial charge in [0.25, 0.3) is 0 Å². The summed E-state index contributed by atoms with van der Waals surface area (Å²) in [5.41, 5.74) is 0.979. The molecule has 0 radical (unpaired) electrons. The van der Waals surface area contributed by atoms with Crippen LogP contribution in [0, 0.1) is 0 Å². The van der Waals surface area contributed by atoms with Gasteiger partial charge in [-0.2, -0.15) is 13.2 Å². The number of fused-ring (bicyclic) bond motifs is 1. The van der Waals surface area contributed by atoms with E-state index in [1.165, 1.54) is 13.2 Å². The van der Waals surface area contributed by atoms with E-state index in [1.54, 1.807) is 0 Å². The van der Waals surface area contributed by atoms with Gasteiger partial charge in [0, 0.05) is 36.8 Å². The number of benzene rings is 1. The quantitative estimate of drug-likeness (QED) is 0.639. The molecule has 0 bridgehead atoms. The number of ether oxygens (including phenoxy) is 1. The fraction of sp³-hybridized carbons (Fsp3) is 0.455. The Bertz CT molecular complexity index is 1080. The Morgan fingerprint density at radius 3 is 2.74 bits per heavy atom. The van der Waals surface area contributed by atoms with Crippen LogP contribution in [0.2, 0.25) is 0 Å². The minimum atomic E-state index is -4.45. The number of halogens is 3. The molecule has 2 aromatic heterocycles. The molecule has 1 saturated heterocycles. The van der Waals surface area contributed by atoms with Crippen LogP contribution < -0.4 is 10.1 Å². The molecule has 0 aliphatic carbocycles. The van der Waals surface area contributed by atoms with Crippen LogP contribution in [0.15, 0.2) is 30.5 Å². The van der Waals surface area contributed by atoms with Crippen molar-refractivity contribution in [2.24, 2.45) is 7.05 Å². The number of methoxy groups -OCH3 is 1. The third-order valence-electron chi connectivity index (χ3n) is 5.88. The van der Waals surface area contributed by atoms with E-state index in [-0.39, 0.29) is 11.8 Å². The number of nitrogens with one attached hydrogen (secondary N) is 1. The lowest BCUT2D eigenvalue weighted by molar-refractivity contribution is -0.137. The van der Waals surface area contributed by atoms with Crippen LogP contribution in [0.5, 0.6) is 5.75 Å². The number of anilines is 1. The Morgan fingerprint density at radius 1 is 1.23 bits per heavy atom. The van der Waals surface area contributed by atoms with Crippen molar-refractivity contribution in [1.29, 1.82) is 0 Å². The van der Waals surface area contributed by atoms with Gasteiger partial charge in [0.2, 0.25) is 0 Å². The summed E-state index contributed by atoms with van der Waals surface area (Å²) < 4.78 is 46.6. The Kier molecular flexibility index (Phi) is 5.79. The molecule has 0 saturated carbocycles. The minimum absolute atomic E-state index is 0.109. The second kappa shape index (κ2) is 8.37. The van der Waals surface area contributed by atoms with Crippen molar-refractivity contribution >= 4 is 16.7 Å². The lowest BCUT2D eigenvalue weighted by Crippen LogP contribution is -2.42. The van der Waals surface area contributed by atoms with Gasteiger partial charge in [-0.1, -0.05) is 6.92 Å². The van der Waals surface area contributed by atoms with Crippen molar-refractivity contribution < 1.29 is 17.9 Å². The zero-order chi connectivity index (χ0) is 22.2. The van der Waals surface area contributed by atoms with Crippen LogP contribution >= 0.6 is 0 Å². The first-order valence-electron chi connectivity index (χ1n) is 10.4. The Labute approximate surface area is 179 Å². The van der Waals surface area contributed by atoms with Crippen molar-refractivity contribution in [2.45, 2.75) is 32.0 Å². The largest absolute Gasteiger partial charge is 0.496 e. The first-order chi connectivity index (χ1) is 14.8. The van der Waals surface area contributed by atoms with Crippen LogP contribution in [0.1, 0.15) is 25.3 Å². The Hall–Kier alpha value is -2.81. The molecule has 1 aliphatic heterocycles. The minimum Gasteiger partial charge on any atom is -0.496 e. The molecule has 31 heavy (non-hydrogen) atoms. The number of alkyl halides is 3. The highest BCUT2D eigenvalue weighted by molar-refractivity contribution is 5.99. The van der Waals surface area contributed by atoms with Crippen LogP contribution in [0.3, 0.4) is 0 Å². The summed E-state index contributed by atoms with van der Waals surface area (Å²) in [6.45, 7) is 5.22. The van der Waals surface area contributed by atoms with Gasteiger partial charge >= 0.3 is 6.18 Å². The number of hydrogen-bond donors (Lipinski definition) is 1. The highest BCUT2D eigenvalue weighted by Crippen LogP contribution is 2.39. The number of hydrogen-bond acceptors (Lipinski definition) is 5. The zero-order valence-corrected chi connectivity index (χ0v) is 17.8. The van der Waals surface area contributed by atoms with Gasteiger partial charge < -0.3 is 19.5 Å². The number of nitrogens with zero attached hydrogens (tertiary/aromatic N) is 4. The van der Waals surface area contributed by atoms with Crippen molar-refractivity contribution in [2.75, 3.05) is 32.1 Å². The molecule has 1 N–H and O–H groups in total. The summed E-state index contributed by atoms with van der Waals surface area (Å²) in [4.78, 5) is 2.40. The highest BCUT2D eigenvalue weighted by atomic mass is 19.4. The highest BCUT2D eigenvalue weighted by Gasteiger charge is 2.32. The van der Waals surface area contributed by atoms with E-state index in [0.717, 1.165) is 55.5 Å². The maximum Gasteiger partial charge on any atom is 0.416 e. The second-order valence-corrected chi connectivity index (χ2v) is 7.88. The molecular weight excluding hydrogens is 407 g/mol. The van der Waals surface area contributed by atoms with E-state index < -0.39 is 11.7 Å². The lowest BCUT2D eigenvalue weighted by atomic mass is 10.0. The van der Waals surface area contributed by atoms with E-state index in [1.807, 2.05) is 23.9 Å². The molecule has 1 aromatic carbocycles. The van der Waals surface area contributed by atoms with Gasteiger partial charge in [-0.3, -0.25) is 0 Å². The molecule has 1 fully saturated rings. The maximum absolute atomic E-state index is 13.1. The smallest absolute Gasteiger partial charge is 0.416 e. The number of aryl methyl sites for hydroxylation is 1. The van der Waals surface area contributed by atoms with Crippen LogP contribution in [-0.2, 0) is 13.2 Å². The Balaban J connectivity index is 1.74. The summed E-state index contributed by atoms with van der Waals surface area (Å²) in [7, 11) is 3.24. The molecule has 0 amide bonds. The van der Waals surface area contributed by atoms with E-state index in [9.17, 15) is 13.2 Å². The Morgan fingerprint density at radius 2 is 2.03 bits per heavy atom. The molecule has 3 heterocycles. The molecule has 3 aromatic rings. The molecule has 0 spiro atoms. The first kappa shape index (κ1) is 21.4. The van der Waals surface area contributed by atoms with Gasteiger partial charge in [0.05, 0.1) is 18.2 Å². The fourth-order valence-electron chi connectivity index (χ4n) is 4.22. The number of aromatic nitrogens is 3. The van der Waals surface area contributed by atoms with Crippen molar-refractivity contribution in [1.82, 2.24) is 19.7 Å². The molecule has 4 rings (SSSR count). The van der Waals surface area contributed by atoms with Crippen molar-refractivity contribution in [3.8, 4) is 17.0 Å². The third kappa shape index (κ3) is 4.19. The molecule has 6 nitrogen and oxygen atoms in total. The molecule has 9 heteroatoms. The van der Waals surface area contributed by atoms with Gasteiger partial charge in [-0.05, 0) is 50.2 Å². The normalized spacial score (nSPS) is 17.8. The van der Waals surface area contributed by atoms with Crippen molar-refractivity contribution in [3.05, 3.63) is 36.0 Å². The van der Waals surface area contributed by atoms with Crippen molar-refractivity contribution in [3.63, 3.8) is 0 Å². The lowest BCUT2D eigenvalue weighted by Gasteiger charge is -2.32. The number of piperidine rings is 1. The molecule has 166 valence electrons. The summed E-state index contributed by atoms with van der Waals surface area (Å²) in [6, 6.07) is 5.66. The summed E-state index contributed by atoms with van der Waals surface area (Å²) >= 11 is 0. The third-order valence-corrected chi connectivity index (χ3v) is 5.88. The first-order valence-corrected chi connectivity index (χ1v) is 10.4. The van der Waals surface area contributed by atoms with Crippen LogP contribution in [-0.4, -0.2) is 52.5 Å². The van der Waals surface area contributed by atoms with Crippen LogP contribution in [0.25, 0.3) is 22.2 Å². The standard InChI is InChI=1S/C22H26F3N5O/c1-4-30-10-5-6-15(13-30)26-21-17-9-11-29(2)20(17)19(27-28-21)16-8-7-14(22(23,24)25)12-18(16)31-3/h7-9,11-12,15H,4-6,10,13H2,1-3H3,(H,26,28)/t15-/m1/s1. The molecule has 1 aliphatic rings. The summed E-state index contributed by atoms with van der Waals surface area (Å²) in [5.74, 6) is 0.798. The van der Waals surface area contributed by atoms with Gasteiger partial charge in [0.15, 0.2) is 5.82 Å². The fourth-order valence-corrected chi connectivity index (χ4v) is 4.22. The second-order valence-electron chi connectivity index (χ2n) is 7.88. The predicted molar refractivity (Wildman–Crippen MR) is 114 cm³/mol. The number of rotatable bonds is 5. The zero-order valence-electron chi connectivity index (χ0n) is 17.8. The van der Waals surface area contributed by atoms with Gasteiger partial charge in [-0.25, -0.2) is 0 Å². The van der Waals surface area contributed by atoms with Crippen LogP contribution in [0.4, 0.5) is 19.0 Å². The summed E-state index contributed by atoms with van der Waals surface area (Å²) in [5, 5.41) is 13.2. The van der Waals surface area contributed by atoms with E-state index >= 15 is 0 Å². The topological polar surface area (TPSA) is 55.2 Å². The predicted octanol–water partition coefficient (Wildman–Crippen LogP) is 4.56. The van der Waals surface area contributed by atoms with E-state index in [2.05, 4.69) is 27.3 Å². The van der Waals surface area contributed by atoms with Gasteiger partial charge in [0.1, 0.15) is 11.4 Å². The number of likely N-dealkylation sites (tertiary alicyclic amines) is 1. The van der Waals surface area contributed by atoms with E-state index in [0.29, 0.717) is 17.1 Å². The molecule has 1 atom stereocenters. The average molecular weight is 433 g/mol. The average Bonchev–Trinajstić information content (AvgIpc) is 3.15. The number of likely N-dealkylation sites (N-methyl/N-ethyl adjacent to an activating group) is 1. The van der Waals surface area contributed by atoms with E-state index in [4.69, 9.17) is 4.74 Å². The monoisotopic (exact) mass is 433 g/mol. The maximum atomic E-state index is 13.1. The van der Waals surface area contributed by atoms with Gasteiger partial charge in [-0.15, -0.1) is 10.2 Å². The molecular formula is C22H26F3N5O.